The number of hydrogen-bond donors (Lipinski definition) is 3. The molecule has 0 saturated heterocycles. The first-order valence-electron chi connectivity index (χ1n) is 7.95. The highest BCUT2D eigenvalue weighted by molar-refractivity contribution is 7.14. The molecule has 1 atom stereocenters. The van der Waals surface area contributed by atoms with E-state index in [0.717, 1.165) is 6.42 Å². The Morgan fingerprint density at radius 3 is 2.50 bits per heavy atom. The van der Waals surface area contributed by atoms with Gasteiger partial charge in [0.15, 0.2) is 0 Å². The SMILES string of the molecule is CCc1ccc(C(=O)Nc2sccc2C(=O)NCCC(C)O)cc1. The van der Waals surface area contributed by atoms with E-state index in [-0.39, 0.29) is 11.8 Å². The van der Waals surface area contributed by atoms with Crippen LogP contribution in [0.25, 0.3) is 0 Å². The van der Waals surface area contributed by atoms with Gasteiger partial charge in [-0.3, -0.25) is 9.59 Å². The summed E-state index contributed by atoms with van der Waals surface area (Å²) in [6.07, 6.45) is 0.948. The lowest BCUT2D eigenvalue weighted by Gasteiger charge is -2.09. The normalized spacial score (nSPS) is 11.8. The minimum atomic E-state index is -0.460. The Bertz CT molecular complexity index is 693. The van der Waals surface area contributed by atoms with Crippen LogP contribution >= 0.6 is 11.3 Å². The molecular formula is C18H22N2O3S. The molecule has 1 aromatic carbocycles. The molecule has 0 bridgehead atoms. The Morgan fingerprint density at radius 2 is 1.88 bits per heavy atom. The van der Waals surface area contributed by atoms with Gasteiger partial charge in [0, 0.05) is 12.1 Å². The number of hydrogen-bond acceptors (Lipinski definition) is 4. The molecule has 24 heavy (non-hydrogen) atoms. The highest BCUT2D eigenvalue weighted by atomic mass is 32.1. The van der Waals surface area contributed by atoms with Crippen LogP contribution in [0.2, 0.25) is 0 Å². The minimum absolute atomic E-state index is 0.238. The number of aliphatic hydroxyl groups excluding tert-OH is 1. The first kappa shape index (κ1) is 18.2. The summed E-state index contributed by atoms with van der Waals surface area (Å²) >= 11 is 1.31. The summed E-state index contributed by atoms with van der Waals surface area (Å²) in [7, 11) is 0. The summed E-state index contributed by atoms with van der Waals surface area (Å²) in [5.41, 5.74) is 2.16. The second-order valence-electron chi connectivity index (χ2n) is 5.56. The number of thiophene rings is 1. The van der Waals surface area contributed by atoms with Crippen molar-refractivity contribution in [1.29, 1.82) is 0 Å². The van der Waals surface area contributed by atoms with Crippen LogP contribution in [0.5, 0.6) is 0 Å². The van der Waals surface area contributed by atoms with Gasteiger partial charge in [-0.2, -0.15) is 0 Å². The van der Waals surface area contributed by atoms with Gasteiger partial charge in [-0.15, -0.1) is 11.3 Å². The number of nitrogens with one attached hydrogen (secondary N) is 2. The highest BCUT2D eigenvalue weighted by Gasteiger charge is 2.15. The highest BCUT2D eigenvalue weighted by Crippen LogP contribution is 2.24. The molecule has 2 rings (SSSR count). The van der Waals surface area contributed by atoms with Gasteiger partial charge in [0.1, 0.15) is 5.00 Å². The number of amides is 2. The molecule has 1 aromatic heterocycles. The Hall–Kier alpha value is -2.18. The number of benzene rings is 1. The quantitative estimate of drug-likeness (QED) is 0.721. The zero-order valence-electron chi connectivity index (χ0n) is 13.8. The van der Waals surface area contributed by atoms with E-state index in [2.05, 4.69) is 17.6 Å². The van der Waals surface area contributed by atoms with Crippen LogP contribution in [-0.4, -0.2) is 29.6 Å². The van der Waals surface area contributed by atoms with E-state index in [0.29, 0.717) is 29.1 Å². The fourth-order valence-corrected chi connectivity index (χ4v) is 2.92. The molecule has 0 radical (unpaired) electrons. The van der Waals surface area contributed by atoms with Crippen LogP contribution < -0.4 is 10.6 Å². The Kier molecular flexibility index (Phi) is 6.52. The summed E-state index contributed by atoms with van der Waals surface area (Å²) in [5, 5.41) is 17.0. The predicted molar refractivity (Wildman–Crippen MR) is 96.7 cm³/mol. The van der Waals surface area contributed by atoms with Crippen molar-refractivity contribution in [2.45, 2.75) is 32.8 Å². The van der Waals surface area contributed by atoms with Crippen LogP contribution in [0.3, 0.4) is 0 Å². The van der Waals surface area contributed by atoms with Gasteiger partial charge in [0.05, 0.1) is 11.7 Å². The number of aliphatic hydroxyl groups is 1. The van der Waals surface area contributed by atoms with E-state index in [9.17, 15) is 14.7 Å². The van der Waals surface area contributed by atoms with Crippen molar-refractivity contribution in [3.8, 4) is 0 Å². The molecule has 0 fully saturated rings. The zero-order chi connectivity index (χ0) is 17.5. The zero-order valence-corrected chi connectivity index (χ0v) is 14.7. The van der Waals surface area contributed by atoms with Gasteiger partial charge in [0.25, 0.3) is 11.8 Å². The maximum absolute atomic E-state index is 12.3. The Labute approximate surface area is 145 Å². The van der Waals surface area contributed by atoms with Crippen molar-refractivity contribution in [3.63, 3.8) is 0 Å². The van der Waals surface area contributed by atoms with Gasteiger partial charge in [0.2, 0.25) is 0 Å². The largest absolute Gasteiger partial charge is 0.393 e. The number of carbonyl (C=O) groups excluding carboxylic acids is 2. The Balaban J connectivity index is 2.01. The fraction of sp³-hybridized carbons (Fsp3) is 0.333. The third-order valence-electron chi connectivity index (χ3n) is 3.61. The Morgan fingerprint density at radius 1 is 1.17 bits per heavy atom. The molecule has 128 valence electrons. The molecule has 3 N–H and O–H groups in total. The number of carbonyl (C=O) groups is 2. The van der Waals surface area contributed by atoms with Crippen LogP contribution in [0.1, 0.15) is 46.5 Å². The average molecular weight is 346 g/mol. The van der Waals surface area contributed by atoms with E-state index in [1.54, 1.807) is 30.5 Å². The van der Waals surface area contributed by atoms with E-state index >= 15 is 0 Å². The van der Waals surface area contributed by atoms with Crippen molar-refractivity contribution < 1.29 is 14.7 Å². The van der Waals surface area contributed by atoms with Crippen LogP contribution in [0.4, 0.5) is 5.00 Å². The van der Waals surface area contributed by atoms with E-state index in [1.165, 1.54) is 16.9 Å². The van der Waals surface area contributed by atoms with Crippen LogP contribution in [-0.2, 0) is 6.42 Å². The van der Waals surface area contributed by atoms with Gasteiger partial charge in [-0.05, 0) is 48.9 Å². The van der Waals surface area contributed by atoms with Crippen molar-refractivity contribution in [3.05, 3.63) is 52.4 Å². The lowest BCUT2D eigenvalue weighted by molar-refractivity contribution is 0.0947. The minimum Gasteiger partial charge on any atom is -0.393 e. The maximum atomic E-state index is 12.3. The first-order valence-corrected chi connectivity index (χ1v) is 8.83. The molecule has 5 nitrogen and oxygen atoms in total. The monoisotopic (exact) mass is 346 g/mol. The second-order valence-corrected chi connectivity index (χ2v) is 6.48. The third-order valence-corrected chi connectivity index (χ3v) is 4.44. The average Bonchev–Trinajstić information content (AvgIpc) is 3.02. The van der Waals surface area contributed by atoms with Crippen molar-refractivity contribution >= 4 is 28.2 Å². The molecule has 0 aliphatic carbocycles. The molecule has 6 heteroatoms. The van der Waals surface area contributed by atoms with E-state index in [1.807, 2.05) is 12.1 Å². The van der Waals surface area contributed by atoms with E-state index < -0.39 is 6.10 Å². The van der Waals surface area contributed by atoms with Crippen molar-refractivity contribution in [2.24, 2.45) is 0 Å². The van der Waals surface area contributed by atoms with Gasteiger partial charge in [-0.25, -0.2) is 0 Å². The summed E-state index contributed by atoms with van der Waals surface area (Å²) in [6.45, 7) is 4.12. The molecule has 0 spiro atoms. The first-order chi connectivity index (χ1) is 11.5. The van der Waals surface area contributed by atoms with Crippen LogP contribution in [0, 0.1) is 0 Å². The lowest BCUT2D eigenvalue weighted by Crippen LogP contribution is -2.27. The maximum Gasteiger partial charge on any atom is 0.256 e. The molecule has 1 unspecified atom stereocenters. The standard InChI is InChI=1S/C18H22N2O3S/c1-3-13-4-6-14(7-5-13)16(22)20-18-15(9-11-24-18)17(23)19-10-8-12(2)21/h4-7,9,11-12,21H,3,8,10H2,1-2H3,(H,19,23)(H,20,22). The number of anilines is 1. The molecule has 1 heterocycles. The van der Waals surface area contributed by atoms with E-state index in [4.69, 9.17) is 0 Å². The third kappa shape index (κ3) is 4.91. The van der Waals surface area contributed by atoms with Crippen LogP contribution in [0.15, 0.2) is 35.7 Å². The van der Waals surface area contributed by atoms with Crippen molar-refractivity contribution in [2.75, 3.05) is 11.9 Å². The summed E-state index contributed by atoms with van der Waals surface area (Å²) in [6, 6.07) is 9.09. The van der Waals surface area contributed by atoms with Gasteiger partial charge >= 0.3 is 0 Å². The number of rotatable bonds is 7. The predicted octanol–water partition coefficient (Wildman–Crippen LogP) is 3.06. The molecule has 0 aliphatic rings. The molecule has 2 amide bonds. The molecule has 0 saturated carbocycles. The molecule has 0 aliphatic heterocycles. The topological polar surface area (TPSA) is 78.4 Å². The number of aryl methyl sites for hydroxylation is 1. The summed E-state index contributed by atoms with van der Waals surface area (Å²) in [4.78, 5) is 24.5. The van der Waals surface area contributed by atoms with Gasteiger partial charge < -0.3 is 15.7 Å². The molecule has 2 aromatic rings. The fourth-order valence-electron chi connectivity index (χ4n) is 2.14. The summed E-state index contributed by atoms with van der Waals surface area (Å²) in [5.74, 6) is -0.494. The summed E-state index contributed by atoms with van der Waals surface area (Å²) < 4.78 is 0. The smallest absolute Gasteiger partial charge is 0.256 e. The lowest BCUT2D eigenvalue weighted by atomic mass is 10.1. The second kappa shape index (κ2) is 8.61. The van der Waals surface area contributed by atoms with Gasteiger partial charge in [-0.1, -0.05) is 19.1 Å². The molecular weight excluding hydrogens is 324 g/mol. The van der Waals surface area contributed by atoms with Crippen molar-refractivity contribution in [1.82, 2.24) is 5.32 Å².